The number of likely N-dealkylation sites (N-methyl/N-ethyl adjacent to an activating group) is 1. The minimum atomic E-state index is -0.273. The van der Waals surface area contributed by atoms with Gasteiger partial charge in [0, 0.05) is 24.7 Å². The van der Waals surface area contributed by atoms with Gasteiger partial charge in [-0.15, -0.1) is 0 Å². The van der Waals surface area contributed by atoms with Gasteiger partial charge in [0.1, 0.15) is 5.76 Å². The number of hydrogen-bond donors (Lipinski definition) is 3. The molecule has 7 nitrogen and oxygen atoms in total. The highest BCUT2D eigenvalue weighted by Crippen LogP contribution is 2.17. The predicted octanol–water partition coefficient (Wildman–Crippen LogP) is 2.52. The summed E-state index contributed by atoms with van der Waals surface area (Å²) in [7, 11) is 3.86. The molecule has 146 valence electrons. The number of nitrogens with one attached hydrogen (secondary N) is 3. The number of carbonyl (C=O) groups is 2. The van der Waals surface area contributed by atoms with E-state index in [2.05, 4.69) is 16.0 Å². The zero-order chi connectivity index (χ0) is 19.8. The molecule has 0 fully saturated rings. The van der Waals surface area contributed by atoms with Crippen LogP contribution in [0.1, 0.15) is 41.6 Å². The van der Waals surface area contributed by atoms with Gasteiger partial charge in [0.15, 0.2) is 0 Å². The average Bonchev–Trinajstić information content (AvgIpc) is 3.14. The van der Waals surface area contributed by atoms with Crippen LogP contribution in [0.5, 0.6) is 0 Å². The van der Waals surface area contributed by atoms with Gasteiger partial charge < -0.3 is 20.4 Å². The molecule has 0 bridgehead atoms. The van der Waals surface area contributed by atoms with Crippen molar-refractivity contribution >= 4 is 11.9 Å². The Hall–Kier alpha value is -2.80. The summed E-state index contributed by atoms with van der Waals surface area (Å²) in [6.45, 7) is 4.58. The largest absolute Gasteiger partial charge is 0.468 e. The zero-order valence-electron chi connectivity index (χ0n) is 16.3. The summed E-state index contributed by atoms with van der Waals surface area (Å²) in [5, 5.41) is 8.53. The van der Waals surface area contributed by atoms with Crippen LogP contribution in [0.25, 0.3) is 0 Å². The van der Waals surface area contributed by atoms with E-state index in [9.17, 15) is 9.59 Å². The van der Waals surface area contributed by atoms with Crippen LogP contribution in [-0.4, -0.2) is 43.5 Å². The van der Waals surface area contributed by atoms with Gasteiger partial charge in [-0.05, 0) is 57.8 Å². The number of amides is 3. The lowest BCUT2D eigenvalue weighted by Gasteiger charge is -2.22. The molecular formula is C20H28N4O3. The summed E-state index contributed by atoms with van der Waals surface area (Å²) in [4.78, 5) is 26.2. The van der Waals surface area contributed by atoms with Crippen molar-refractivity contribution in [3.63, 3.8) is 0 Å². The Morgan fingerprint density at radius 3 is 2.52 bits per heavy atom. The molecule has 1 atom stereocenters. The predicted molar refractivity (Wildman–Crippen MR) is 104 cm³/mol. The zero-order valence-corrected chi connectivity index (χ0v) is 16.3. The smallest absolute Gasteiger partial charge is 0.315 e. The molecule has 27 heavy (non-hydrogen) atoms. The standard InChI is InChI=1S/C20H28N4O3/c1-14(2)23-19(25)16-8-5-7-15(11-16)12-21-20(26)22-13-17(24(3)4)18-9-6-10-27-18/h5-11,14,17H,12-13H2,1-4H3,(H,23,25)(H2,21,22,26). The number of rotatable bonds is 8. The normalized spacial score (nSPS) is 12.1. The molecule has 3 N–H and O–H groups in total. The highest BCUT2D eigenvalue weighted by atomic mass is 16.3. The first-order valence-corrected chi connectivity index (χ1v) is 8.98. The van der Waals surface area contributed by atoms with Crippen molar-refractivity contribution in [2.45, 2.75) is 32.5 Å². The third-order valence-corrected chi connectivity index (χ3v) is 4.01. The summed E-state index contributed by atoms with van der Waals surface area (Å²) >= 11 is 0. The van der Waals surface area contributed by atoms with E-state index in [1.807, 2.05) is 57.1 Å². The molecule has 0 spiro atoms. The molecule has 0 radical (unpaired) electrons. The van der Waals surface area contributed by atoms with Crippen molar-refractivity contribution in [1.82, 2.24) is 20.9 Å². The van der Waals surface area contributed by atoms with Crippen LogP contribution in [0.4, 0.5) is 4.79 Å². The molecule has 3 amide bonds. The summed E-state index contributed by atoms with van der Waals surface area (Å²) in [6.07, 6.45) is 1.62. The first-order valence-electron chi connectivity index (χ1n) is 8.98. The fourth-order valence-electron chi connectivity index (χ4n) is 2.62. The molecule has 1 unspecified atom stereocenters. The van der Waals surface area contributed by atoms with Gasteiger partial charge in [0.05, 0.1) is 12.3 Å². The maximum Gasteiger partial charge on any atom is 0.315 e. The van der Waals surface area contributed by atoms with Crippen molar-refractivity contribution in [2.24, 2.45) is 0 Å². The molecule has 0 aliphatic rings. The van der Waals surface area contributed by atoms with E-state index in [1.165, 1.54) is 0 Å². The van der Waals surface area contributed by atoms with E-state index in [-0.39, 0.29) is 24.0 Å². The number of furan rings is 1. The van der Waals surface area contributed by atoms with E-state index in [4.69, 9.17) is 4.42 Å². The van der Waals surface area contributed by atoms with Gasteiger partial charge in [0.2, 0.25) is 0 Å². The molecule has 0 aliphatic carbocycles. The van der Waals surface area contributed by atoms with Crippen LogP contribution in [0.3, 0.4) is 0 Å². The van der Waals surface area contributed by atoms with Crippen LogP contribution in [0.2, 0.25) is 0 Å². The summed E-state index contributed by atoms with van der Waals surface area (Å²) in [5.41, 5.74) is 1.44. The average molecular weight is 372 g/mol. The molecular weight excluding hydrogens is 344 g/mol. The van der Waals surface area contributed by atoms with Crippen molar-refractivity contribution in [2.75, 3.05) is 20.6 Å². The Labute approximate surface area is 160 Å². The number of hydrogen-bond acceptors (Lipinski definition) is 4. The Morgan fingerprint density at radius 2 is 1.89 bits per heavy atom. The summed E-state index contributed by atoms with van der Waals surface area (Å²) in [5.74, 6) is 0.674. The molecule has 2 aromatic rings. The molecule has 1 heterocycles. The fraction of sp³-hybridized carbons (Fsp3) is 0.400. The Kier molecular flexibility index (Phi) is 7.43. The summed E-state index contributed by atoms with van der Waals surface area (Å²) < 4.78 is 5.43. The second kappa shape index (κ2) is 9.78. The lowest BCUT2D eigenvalue weighted by molar-refractivity contribution is 0.0943. The summed E-state index contributed by atoms with van der Waals surface area (Å²) in [6, 6.07) is 10.7. The van der Waals surface area contributed by atoms with Gasteiger partial charge in [-0.1, -0.05) is 12.1 Å². The minimum absolute atomic E-state index is 0.0474. The monoisotopic (exact) mass is 372 g/mol. The molecule has 0 saturated carbocycles. The van der Waals surface area contributed by atoms with Crippen LogP contribution in [-0.2, 0) is 6.54 Å². The Morgan fingerprint density at radius 1 is 1.11 bits per heavy atom. The van der Waals surface area contributed by atoms with Gasteiger partial charge in [-0.3, -0.25) is 9.69 Å². The van der Waals surface area contributed by atoms with Gasteiger partial charge in [-0.25, -0.2) is 4.79 Å². The van der Waals surface area contributed by atoms with E-state index in [0.717, 1.165) is 11.3 Å². The molecule has 0 saturated heterocycles. The van der Waals surface area contributed by atoms with Crippen molar-refractivity contribution in [3.05, 3.63) is 59.5 Å². The van der Waals surface area contributed by atoms with Crippen LogP contribution < -0.4 is 16.0 Å². The van der Waals surface area contributed by atoms with Crippen molar-refractivity contribution in [1.29, 1.82) is 0 Å². The highest BCUT2D eigenvalue weighted by Gasteiger charge is 2.17. The number of nitrogens with zero attached hydrogens (tertiary/aromatic N) is 1. The number of urea groups is 1. The molecule has 2 rings (SSSR count). The van der Waals surface area contributed by atoms with E-state index < -0.39 is 0 Å². The first-order chi connectivity index (χ1) is 12.9. The SMILES string of the molecule is CC(C)NC(=O)c1cccc(CNC(=O)NCC(c2ccco2)N(C)C)c1. The fourth-order valence-corrected chi connectivity index (χ4v) is 2.62. The van der Waals surface area contributed by atoms with Crippen molar-refractivity contribution < 1.29 is 14.0 Å². The highest BCUT2D eigenvalue weighted by molar-refractivity contribution is 5.94. The van der Waals surface area contributed by atoms with Gasteiger partial charge in [-0.2, -0.15) is 0 Å². The first kappa shape index (κ1) is 20.5. The minimum Gasteiger partial charge on any atom is -0.468 e. The quantitative estimate of drug-likeness (QED) is 0.665. The second-order valence-corrected chi connectivity index (χ2v) is 6.89. The Balaban J connectivity index is 1.85. The molecule has 1 aromatic carbocycles. The Bertz CT molecular complexity index is 741. The van der Waals surface area contributed by atoms with E-state index in [0.29, 0.717) is 18.7 Å². The van der Waals surface area contributed by atoms with Gasteiger partial charge >= 0.3 is 6.03 Å². The third kappa shape index (κ3) is 6.45. The maximum atomic E-state index is 12.1. The van der Waals surface area contributed by atoms with Crippen LogP contribution in [0, 0.1) is 0 Å². The molecule has 7 heteroatoms. The maximum absolute atomic E-state index is 12.1. The number of carbonyl (C=O) groups excluding carboxylic acids is 2. The van der Waals surface area contributed by atoms with Crippen molar-refractivity contribution in [3.8, 4) is 0 Å². The number of benzene rings is 1. The molecule has 1 aromatic heterocycles. The van der Waals surface area contributed by atoms with Crippen LogP contribution >= 0.6 is 0 Å². The third-order valence-electron chi connectivity index (χ3n) is 4.01. The van der Waals surface area contributed by atoms with E-state index >= 15 is 0 Å². The lowest BCUT2D eigenvalue weighted by atomic mass is 10.1. The van der Waals surface area contributed by atoms with Gasteiger partial charge in [0.25, 0.3) is 5.91 Å². The molecule has 0 aliphatic heterocycles. The van der Waals surface area contributed by atoms with E-state index in [1.54, 1.807) is 18.4 Å². The topological polar surface area (TPSA) is 86.6 Å². The lowest BCUT2D eigenvalue weighted by Crippen LogP contribution is -2.40. The second-order valence-electron chi connectivity index (χ2n) is 6.89. The van der Waals surface area contributed by atoms with Crippen LogP contribution in [0.15, 0.2) is 47.1 Å².